The minimum absolute atomic E-state index is 0.00794. The first-order valence-electron chi connectivity index (χ1n) is 8.81. The Bertz CT molecular complexity index is 711. The molecule has 3 heterocycles. The van der Waals surface area contributed by atoms with E-state index in [-0.39, 0.29) is 18.0 Å². The first-order chi connectivity index (χ1) is 12.2. The number of hydrogen-bond donors (Lipinski definition) is 0. The van der Waals surface area contributed by atoms with E-state index in [1.807, 2.05) is 0 Å². The van der Waals surface area contributed by atoms with Crippen LogP contribution in [-0.2, 0) is 11.2 Å². The summed E-state index contributed by atoms with van der Waals surface area (Å²) in [7, 11) is 0. The quantitative estimate of drug-likeness (QED) is 0.848. The van der Waals surface area contributed by atoms with Crippen molar-refractivity contribution in [2.75, 3.05) is 19.8 Å². The average molecular weight is 349 g/mol. The molecular formula is C18H21F2N3O2. The van der Waals surface area contributed by atoms with Gasteiger partial charge in [0, 0.05) is 31.2 Å². The molecule has 2 aromatic rings. The van der Waals surface area contributed by atoms with Crippen LogP contribution in [0.2, 0.25) is 0 Å². The Labute approximate surface area is 145 Å². The summed E-state index contributed by atoms with van der Waals surface area (Å²) >= 11 is 0. The zero-order valence-electron chi connectivity index (χ0n) is 14.0. The maximum absolute atomic E-state index is 13.8. The summed E-state index contributed by atoms with van der Waals surface area (Å²) in [6.07, 6.45) is 4.07. The molecule has 1 aromatic carbocycles. The molecule has 0 aliphatic carbocycles. The average Bonchev–Trinajstić information content (AvgIpc) is 3.28. The van der Waals surface area contributed by atoms with E-state index >= 15 is 0 Å². The predicted molar refractivity (Wildman–Crippen MR) is 86.0 cm³/mol. The number of rotatable bonds is 4. The van der Waals surface area contributed by atoms with E-state index in [0.717, 1.165) is 45.4 Å². The van der Waals surface area contributed by atoms with E-state index in [9.17, 15) is 8.78 Å². The molecule has 0 bridgehead atoms. The number of benzene rings is 1. The highest BCUT2D eigenvalue weighted by Crippen LogP contribution is 2.35. The molecule has 1 unspecified atom stereocenters. The normalized spacial score (nSPS) is 22.6. The number of halogens is 2. The first-order valence-corrected chi connectivity index (χ1v) is 8.81. The Kier molecular flexibility index (Phi) is 4.76. The smallest absolute Gasteiger partial charge is 0.244 e. The topological polar surface area (TPSA) is 51.4 Å². The first kappa shape index (κ1) is 16.6. The van der Waals surface area contributed by atoms with Gasteiger partial charge >= 0.3 is 0 Å². The van der Waals surface area contributed by atoms with E-state index in [1.54, 1.807) is 0 Å². The van der Waals surface area contributed by atoms with Crippen LogP contribution in [0.3, 0.4) is 0 Å². The molecule has 134 valence electrons. The summed E-state index contributed by atoms with van der Waals surface area (Å²) in [6.45, 7) is 2.58. The van der Waals surface area contributed by atoms with Crippen molar-refractivity contribution >= 4 is 0 Å². The van der Waals surface area contributed by atoms with Crippen molar-refractivity contribution in [3.63, 3.8) is 0 Å². The Morgan fingerprint density at radius 2 is 1.88 bits per heavy atom. The number of nitrogens with zero attached hydrogens (tertiary/aromatic N) is 3. The lowest BCUT2D eigenvalue weighted by Gasteiger charge is -2.33. The summed E-state index contributed by atoms with van der Waals surface area (Å²) in [5.74, 6) is -0.305. The molecule has 7 heteroatoms. The van der Waals surface area contributed by atoms with Crippen molar-refractivity contribution in [1.29, 1.82) is 0 Å². The molecule has 2 aliphatic rings. The summed E-state index contributed by atoms with van der Waals surface area (Å²) in [5, 5.41) is 3.95. The lowest BCUT2D eigenvalue weighted by atomic mass is 10.1. The summed E-state index contributed by atoms with van der Waals surface area (Å²) in [6, 6.07) is 4.39. The molecule has 2 aliphatic heterocycles. The van der Waals surface area contributed by atoms with E-state index in [2.05, 4.69) is 15.0 Å². The lowest BCUT2D eigenvalue weighted by molar-refractivity contribution is 0.0243. The molecular weight excluding hydrogens is 328 g/mol. The SMILES string of the molecule is Fc1cccc(F)c1Cc1noc(C2CCCN2C2CCOCC2)n1. The van der Waals surface area contributed by atoms with E-state index in [1.165, 1.54) is 18.2 Å². The summed E-state index contributed by atoms with van der Waals surface area (Å²) in [4.78, 5) is 6.85. The monoisotopic (exact) mass is 349 g/mol. The summed E-state index contributed by atoms with van der Waals surface area (Å²) < 4.78 is 38.5. The van der Waals surface area contributed by atoms with Crippen LogP contribution in [0, 0.1) is 11.6 Å². The van der Waals surface area contributed by atoms with Gasteiger partial charge in [-0.3, -0.25) is 4.90 Å². The minimum atomic E-state index is -0.587. The van der Waals surface area contributed by atoms with Crippen LogP contribution in [0.4, 0.5) is 8.78 Å². The van der Waals surface area contributed by atoms with Crippen LogP contribution >= 0.6 is 0 Å². The fourth-order valence-corrected chi connectivity index (χ4v) is 3.84. The Balaban J connectivity index is 1.50. The predicted octanol–water partition coefficient (Wildman–Crippen LogP) is 3.25. The standard InChI is InChI=1S/C18H21F2N3O2/c19-14-3-1-4-15(20)13(14)11-17-21-18(25-22-17)16-5-2-8-23(16)12-6-9-24-10-7-12/h1,3-4,12,16H,2,5-11H2. The fraction of sp³-hybridized carbons (Fsp3) is 0.556. The van der Waals surface area contributed by atoms with Crippen molar-refractivity contribution in [3.8, 4) is 0 Å². The number of ether oxygens (including phenoxy) is 1. The van der Waals surface area contributed by atoms with Crippen molar-refractivity contribution in [2.45, 2.75) is 44.2 Å². The molecule has 5 nitrogen and oxygen atoms in total. The van der Waals surface area contributed by atoms with Crippen molar-refractivity contribution < 1.29 is 18.0 Å². The van der Waals surface area contributed by atoms with Crippen molar-refractivity contribution in [3.05, 3.63) is 47.1 Å². The molecule has 0 spiro atoms. The van der Waals surface area contributed by atoms with Gasteiger partial charge in [0.05, 0.1) is 6.04 Å². The highest BCUT2D eigenvalue weighted by Gasteiger charge is 2.36. The molecule has 0 N–H and O–H groups in total. The molecule has 1 atom stereocenters. The summed E-state index contributed by atoms with van der Waals surface area (Å²) in [5.41, 5.74) is -0.0254. The second-order valence-electron chi connectivity index (χ2n) is 6.67. The van der Waals surface area contributed by atoms with Crippen LogP contribution in [0.1, 0.15) is 49.0 Å². The van der Waals surface area contributed by atoms with E-state index < -0.39 is 11.6 Å². The zero-order chi connectivity index (χ0) is 17.2. The van der Waals surface area contributed by atoms with Gasteiger partial charge in [-0.25, -0.2) is 8.78 Å². The van der Waals surface area contributed by atoms with Gasteiger partial charge in [-0.05, 0) is 44.4 Å². The molecule has 2 saturated heterocycles. The highest BCUT2D eigenvalue weighted by atomic mass is 19.1. The van der Waals surface area contributed by atoms with Crippen LogP contribution < -0.4 is 0 Å². The molecule has 4 rings (SSSR count). The van der Waals surface area contributed by atoms with Gasteiger partial charge < -0.3 is 9.26 Å². The second kappa shape index (κ2) is 7.17. The third-order valence-electron chi connectivity index (χ3n) is 5.12. The van der Waals surface area contributed by atoms with Gasteiger partial charge in [0.2, 0.25) is 5.89 Å². The lowest BCUT2D eigenvalue weighted by Crippen LogP contribution is -2.39. The zero-order valence-corrected chi connectivity index (χ0v) is 14.0. The van der Waals surface area contributed by atoms with Crippen molar-refractivity contribution in [2.24, 2.45) is 0 Å². The number of hydrogen-bond acceptors (Lipinski definition) is 5. The van der Waals surface area contributed by atoms with Gasteiger partial charge in [-0.2, -0.15) is 4.98 Å². The minimum Gasteiger partial charge on any atom is -0.381 e. The Hall–Kier alpha value is -1.86. The maximum Gasteiger partial charge on any atom is 0.244 e. The van der Waals surface area contributed by atoms with Gasteiger partial charge in [-0.15, -0.1) is 0 Å². The third kappa shape index (κ3) is 3.43. The molecule has 0 radical (unpaired) electrons. The van der Waals surface area contributed by atoms with Crippen LogP contribution in [0.25, 0.3) is 0 Å². The number of likely N-dealkylation sites (tertiary alicyclic amines) is 1. The third-order valence-corrected chi connectivity index (χ3v) is 5.12. The maximum atomic E-state index is 13.8. The highest BCUT2D eigenvalue weighted by molar-refractivity contribution is 5.23. The van der Waals surface area contributed by atoms with Gasteiger partial charge in [0.1, 0.15) is 11.6 Å². The van der Waals surface area contributed by atoms with Crippen molar-refractivity contribution in [1.82, 2.24) is 15.0 Å². The van der Waals surface area contributed by atoms with Crippen LogP contribution in [0.15, 0.2) is 22.7 Å². The van der Waals surface area contributed by atoms with Crippen LogP contribution in [-0.4, -0.2) is 40.8 Å². The van der Waals surface area contributed by atoms with Gasteiger partial charge in [0.15, 0.2) is 5.82 Å². The number of aromatic nitrogens is 2. The second-order valence-corrected chi connectivity index (χ2v) is 6.67. The van der Waals surface area contributed by atoms with Crippen LogP contribution in [0.5, 0.6) is 0 Å². The fourth-order valence-electron chi connectivity index (χ4n) is 3.84. The Morgan fingerprint density at radius 1 is 1.12 bits per heavy atom. The van der Waals surface area contributed by atoms with E-state index in [4.69, 9.17) is 9.26 Å². The molecule has 2 fully saturated rings. The molecule has 25 heavy (non-hydrogen) atoms. The molecule has 1 aromatic heterocycles. The molecule has 0 amide bonds. The van der Waals surface area contributed by atoms with Gasteiger partial charge in [-0.1, -0.05) is 11.2 Å². The molecule has 0 saturated carbocycles. The largest absolute Gasteiger partial charge is 0.381 e. The Morgan fingerprint density at radius 3 is 2.64 bits per heavy atom. The van der Waals surface area contributed by atoms with Gasteiger partial charge in [0.25, 0.3) is 0 Å². The van der Waals surface area contributed by atoms with E-state index in [0.29, 0.717) is 17.8 Å².